The molecule has 0 radical (unpaired) electrons. The number of aliphatic hydroxyl groups is 4. The number of nitrogens with two attached hydrogens (primary N) is 1. The van der Waals surface area contributed by atoms with Gasteiger partial charge in [-0.2, -0.15) is 0 Å². The summed E-state index contributed by atoms with van der Waals surface area (Å²) in [4.78, 5) is 41.0. The van der Waals surface area contributed by atoms with Gasteiger partial charge in [0.2, 0.25) is 5.78 Å². The van der Waals surface area contributed by atoms with Crippen molar-refractivity contribution in [1.29, 1.82) is 0 Å². The van der Waals surface area contributed by atoms with Crippen LogP contribution < -0.4 is 10.5 Å². The standard InChI is InChI=1S/C29H30N2O9/c1-11-14-9-10-15(12-5-7-13(40-4)8-6-12)22(32)17(14)23(33)18-16(11)24(34)20-21(31(2)3)25(35)19(28(30)38)27(37)29(20,39)26(18)36/h5-11,16,20-21,24,32,34-36,39H,1-4H3,(H2,30,38)/t11-,16+,20+,21-,24-,29-/m0/s1. The Labute approximate surface area is 229 Å². The van der Waals surface area contributed by atoms with E-state index < -0.39 is 75.6 Å². The van der Waals surface area contributed by atoms with Crippen LogP contribution in [-0.4, -0.2) is 86.9 Å². The van der Waals surface area contributed by atoms with Crippen molar-refractivity contribution in [3.8, 4) is 22.6 Å². The molecule has 0 fully saturated rings. The first-order chi connectivity index (χ1) is 18.8. The molecule has 0 unspecified atom stereocenters. The molecule has 0 bridgehead atoms. The van der Waals surface area contributed by atoms with Crippen LogP contribution in [0.1, 0.15) is 28.8 Å². The number of benzene rings is 2. The van der Waals surface area contributed by atoms with Gasteiger partial charge in [0.15, 0.2) is 11.4 Å². The average molecular weight is 551 g/mol. The van der Waals surface area contributed by atoms with Crippen LogP contribution >= 0.6 is 0 Å². The molecule has 0 saturated heterocycles. The minimum Gasteiger partial charge on any atom is -0.510 e. The van der Waals surface area contributed by atoms with Crippen molar-refractivity contribution in [2.45, 2.75) is 30.6 Å². The lowest BCUT2D eigenvalue weighted by molar-refractivity contribution is -0.162. The van der Waals surface area contributed by atoms with E-state index in [1.54, 1.807) is 43.3 Å². The van der Waals surface area contributed by atoms with Gasteiger partial charge in [0.05, 0.1) is 30.7 Å². The summed E-state index contributed by atoms with van der Waals surface area (Å²) in [6.07, 6.45) is -1.64. The predicted octanol–water partition coefficient (Wildman–Crippen LogP) is 1.33. The van der Waals surface area contributed by atoms with Crippen LogP contribution in [0.3, 0.4) is 0 Å². The highest BCUT2D eigenvalue weighted by molar-refractivity contribution is 6.25. The Morgan fingerprint density at radius 3 is 2.23 bits per heavy atom. The molecule has 7 N–H and O–H groups in total. The first-order valence-corrected chi connectivity index (χ1v) is 12.6. The number of fused-ring (bicyclic) bond motifs is 3. The van der Waals surface area contributed by atoms with Crippen LogP contribution in [0.25, 0.3) is 11.1 Å². The third kappa shape index (κ3) is 3.44. The summed E-state index contributed by atoms with van der Waals surface area (Å²) in [5, 5.41) is 57.1. The molecule has 0 heterocycles. The van der Waals surface area contributed by atoms with Gasteiger partial charge in [0.25, 0.3) is 5.91 Å². The van der Waals surface area contributed by atoms with Crippen LogP contribution in [0.5, 0.6) is 11.5 Å². The molecule has 2 aromatic rings. The van der Waals surface area contributed by atoms with Crippen molar-refractivity contribution in [3.63, 3.8) is 0 Å². The summed E-state index contributed by atoms with van der Waals surface area (Å²) < 4.78 is 5.17. The van der Waals surface area contributed by atoms with Gasteiger partial charge in [-0.05, 0) is 43.3 Å². The average Bonchev–Trinajstić information content (AvgIpc) is 2.90. The Morgan fingerprint density at radius 2 is 1.68 bits per heavy atom. The molecule has 3 aliphatic rings. The number of primary amides is 1. The van der Waals surface area contributed by atoms with Crippen molar-refractivity contribution in [1.82, 2.24) is 4.90 Å². The number of Topliss-reactive ketones (excluding diaryl/α,β-unsaturated/α-hetero) is 2. The van der Waals surface area contributed by atoms with E-state index >= 15 is 0 Å². The van der Waals surface area contributed by atoms with E-state index in [9.17, 15) is 39.9 Å². The third-order valence-electron chi connectivity index (χ3n) is 8.53. The van der Waals surface area contributed by atoms with E-state index in [4.69, 9.17) is 10.5 Å². The van der Waals surface area contributed by atoms with Crippen molar-refractivity contribution in [2.75, 3.05) is 21.2 Å². The minimum atomic E-state index is -2.95. The van der Waals surface area contributed by atoms with E-state index in [1.165, 1.54) is 26.1 Å². The van der Waals surface area contributed by atoms with Crippen LogP contribution in [-0.2, 0) is 9.59 Å². The molecule has 2 aromatic carbocycles. The zero-order valence-corrected chi connectivity index (χ0v) is 22.2. The monoisotopic (exact) mass is 550 g/mol. The number of carbonyl (C=O) groups is 3. The van der Waals surface area contributed by atoms with Crippen LogP contribution in [0.15, 0.2) is 59.1 Å². The summed E-state index contributed by atoms with van der Waals surface area (Å²) in [6.45, 7) is 1.68. The highest BCUT2D eigenvalue weighted by Crippen LogP contribution is 2.56. The van der Waals surface area contributed by atoms with Gasteiger partial charge in [-0.25, -0.2) is 0 Å². The molecule has 11 heteroatoms. The van der Waals surface area contributed by atoms with Crippen molar-refractivity contribution < 1.29 is 44.7 Å². The number of hydrogen-bond donors (Lipinski definition) is 6. The topological polar surface area (TPSA) is 191 Å². The number of hydrogen-bond acceptors (Lipinski definition) is 10. The summed E-state index contributed by atoms with van der Waals surface area (Å²) in [5.41, 5.74) is 2.16. The van der Waals surface area contributed by atoms with Crippen LogP contribution in [0.2, 0.25) is 0 Å². The quantitative estimate of drug-likeness (QED) is 0.303. The molecule has 0 spiro atoms. The molecule has 6 atom stereocenters. The molecule has 0 aromatic heterocycles. The second-order valence-corrected chi connectivity index (χ2v) is 10.7. The molecule has 11 nitrogen and oxygen atoms in total. The number of methoxy groups -OCH3 is 1. The van der Waals surface area contributed by atoms with Gasteiger partial charge in [-0.1, -0.05) is 31.2 Å². The lowest BCUT2D eigenvalue weighted by atomic mass is 9.55. The fraction of sp³-hybridized carbons (Fsp3) is 0.345. The maximum atomic E-state index is 14.0. The minimum absolute atomic E-state index is 0.145. The molecular weight excluding hydrogens is 520 g/mol. The second kappa shape index (κ2) is 9.19. The number of nitrogens with zero attached hydrogens (tertiary/aromatic N) is 1. The number of ether oxygens (including phenoxy) is 1. The van der Waals surface area contributed by atoms with Gasteiger partial charge in [0.1, 0.15) is 28.6 Å². The first-order valence-electron chi connectivity index (χ1n) is 12.6. The molecule has 5 rings (SSSR count). The number of likely N-dealkylation sites (N-methyl/N-ethyl adjacent to an activating group) is 1. The number of carbonyl (C=O) groups excluding carboxylic acids is 3. The molecule has 1 amide bonds. The molecule has 210 valence electrons. The molecule has 40 heavy (non-hydrogen) atoms. The Bertz CT molecular complexity index is 1520. The van der Waals surface area contributed by atoms with Gasteiger partial charge in [0, 0.05) is 17.1 Å². The summed E-state index contributed by atoms with van der Waals surface area (Å²) in [5.74, 6) is -8.59. The summed E-state index contributed by atoms with van der Waals surface area (Å²) in [6, 6.07) is 8.74. The zero-order chi connectivity index (χ0) is 29.4. The lowest BCUT2D eigenvalue weighted by Crippen LogP contribution is -2.68. The summed E-state index contributed by atoms with van der Waals surface area (Å²) in [7, 11) is 4.49. The van der Waals surface area contributed by atoms with E-state index in [1.807, 2.05) is 0 Å². The Balaban J connectivity index is 1.74. The fourth-order valence-corrected chi connectivity index (χ4v) is 6.63. The van der Waals surface area contributed by atoms with Crippen molar-refractivity contribution in [2.24, 2.45) is 17.6 Å². The molecule has 3 aliphatic carbocycles. The van der Waals surface area contributed by atoms with E-state index in [0.717, 1.165) is 0 Å². The largest absolute Gasteiger partial charge is 0.510 e. The van der Waals surface area contributed by atoms with Gasteiger partial charge in [-0.15, -0.1) is 0 Å². The van der Waals surface area contributed by atoms with E-state index in [2.05, 4.69) is 0 Å². The van der Waals surface area contributed by atoms with E-state index in [-0.39, 0.29) is 11.3 Å². The molecule has 0 aliphatic heterocycles. The predicted molar refractivity (Wildman–Crippen MR) is 142 cm³/mol. The van der Waals surface area contributed by atoms with Gasteiger partial charge in [-0.3, -0.25) is 19.3 Å². The van der Waals surface area contributed by atoms with Crippen molar-refractivity contribution in [3.05, 3.63) is 70.2 Å². The highest BCUT2D eigenvalue weighted by atomic mass is 16.5. The van der Waals surface area contributed by atoms with Crippen molar-refractivity contribution >= 4 is 17.5 Å². The number of aromatic hydroxyl groups is 1. The Morgan fingerprint density at radius 1 is 1.05 bits per heavy atom. The number of aliphatic hydroxyl groups excluding tert-OH is 3. The Kier molecular flexibility index (Phi) is 6.29. The number of phenols is 1. The number of amides is 1. The highest BCUT2D eigenvalue weighted by Gasteiger charge is 2.67. The molecular formula is C29H30N2O9. The smallest absolute Gasteiger partial charge is 0.255 e. The maximum Gasteiger partial charge on any atom is 0.255 e. The first kappa shape index (κ1) is 27.4. The third-order valence-corrected chi connectivity index (χ3v) is 8.53. The second-order valence-electron chi connectivity index (χ2n) is 10.7. The maximum absolute atomic E-state index is 14.0. The number of ketones is 2. The van der Waals surface area contributed by atoms with E-state index in [0.29, 0.717) is 22.4 Å². The lowest BCUT2D eigenvalue weighted by Gasteiger charge is -2.53. The SMILES string of the molecule is COc1ccc(-c2ccc3c(c2O)C(=O)C2=C(O)[C@]4(O)C(=O)C(C(N)=O)=C(O)[C@@H](N(C)C)[C@@H]4[C@@H](O)[C@@H]2[C@H]3C)cc1. The van der Waals surface area contributed by atoms with Gasteiger partial charge < -0.3 is 36.0 Å². The number of phenolic OH excluding ortho intramolecular Hbond substituents is 1. The number of rotatable bonds is 4. The van der Waals surface area contributed by atoms with Crippen LogP contribution in [0.4, 0.5) is 0 Å². The zero-order valence-electron chi connectivity index (χ0n) is 22.2. The summed E-state index contributed by atoms with van der Waals surface area (Å²) >= 11 is 0. The fourth-order valence-electron chi connectivity index (χ4n) is 6.63. The molecule has 0 saturated carbocycles. The normalized spacial score (nSPS) is 29.7. The Hall–Kier alpha value is -4.19. The van der Waals surface area contributed by atoms with Crippen LogP contribution in [0, 0.1) is 11.8 Å². The van der Waals surface area contributed by atoms with Gasteiger partial charge >= 0.3 is 0 Å².